The van der Waals surface area contributed by atoms with Gasteiger partial charge in [0.2, 0.25) is 5.91 Å². The summed E-state index contributed by atoms with van der Waals surface area (Å²) in [5, 5.41) is 11.7. The van der Waals surface area contributed by atoms with Crippen LogP contribution >= 0.6 is 0 Å². The summed E-state index contributed by atoms with van der Waals surface area (Å²) in [4.78, 5) is 24.8. The highest BCUT2D eigenvalue weighted by Crippen LogP contribution is 2.20. The molecule has 0 radical (unpaired) electrons. The van der Waals surface area contributed by atoms with Gasteiger partial charge in [-0.1, -0.05) is 6.07 Å². The Morgan fingerprint density at radius 3 is 3.00 bits per heavy atom. The number of carbonyl (C=O) groups excluding carboxylic acids is 1. The van der Waals surface area contributed by atoms with Crippen molar-refractivity contribution in [2.45, 2.75) is 25.3 Å². The predicted molar refractivity (Wildman–Crippen MR) is 78.5 cm³/mol. The van der Waals surface area contributed by atoms with Crippen LogP contribution in [0.3, 0.4) is 0 Å². The van der Waals surface area contributed by atoms with Gasteiger partial charge in [0.1, 0.15) is 5.75 Å². The number of carboxylic acid groups (broad SMARTS) is 1. The van der Waals surface area contributed by atoms with Crippen LogP contribution in [0.5, 0.6) is 5.75 Å². The highest BCUT2D eigenvalue weighted by molar-refractivity contribution is 5.92. The second-order valence-electron chi connectivity index (χ2n) is 5.14. The van der Waals surface area contributed by atoms with Gasteiger partial charge in [-0.25, -0.2) is 0 Å². The van der Waals surface area contributed by atoms with Crippen molar-refractivity contribution in [3.8, 4) is 5.75 Å². The van der Waals surface area contributed by atoms with Crippen molar-refractivity contribution in [3.63, 3.8) is 0 Å². The van der Waals surface area contributed by atoms with E-state index in [1.165, 1.54) is 0 Å². The first-order valence-electron chi connectivity index (χ1n) is 6.98. The SMILES string of the molecule is COc1cccc(NC(=O)CN2CCCC2CC(=O)O)c1. The Morgan fingerprint density at radius 1 is 1.48 bits per heavy atom. The standard InChI is InChI=1S/C15H20N2O4/c1-21-13-6-2-4-11(8-13)16-14(18)10-17-7-3-5-12(17)9-15(19)20/h2,4,6,8,12H,3,5,7,9-10H2,1H3,(H,16,18)(H,19,20). The summed E-state index contributed by atoms with van der Waals surface area (Å²) in [5.41, 5.74) is 0.674. The number of nitrogens with zero attached hydrogens (tertiary/aromatic N) is 1. The second-order valence-corrected chi connectivity index (χ2v) is 5.14. The van der Waals surface area contributed by atoms with Crippen LogP contribution in [0.2, 0.25) is 0 Å². The first-order chi connectivity index (χ1) is 10.1. The van der Waals surface area contributed by atoms with Crippen molar-refractivity contribution >= 4 is 17.6 Å². The Hall–Kier alpha value is -2.08. The highest BCUT2D eigenvalue weighted by Gasteiger charge is 2.27. The third kappa shape index (κ3) is 4.46. The molecule has 1 saturated heterocycles. The molecule has 114 valence electrons. The van der Waals surface area contributed by atoms with E-state index in [2.05, 4.69) is 5.32 Å². The molecule has 1 heterocycles. The van der Waals surface area contributed by atoms with Gasteiger partial charge >= 0.3 is 5.97 Å². The van der Waals surface area contributed by atoms with E-state index in [-0.39, 0.29) is 24.9 Å². The van der Waals surface area contributed by atoms with Crippen LogP contribution in [0.1, 0.15) is 19.3 Å². The Balaban J connectivity index is 1.90. The van der Waals surface area contributed by atoms with Gasteiger partial charge in [0, 0.05) is 17.8 Å². The van der Waals surface area contributed by atoms with Crippen molar-refractivity contribution in [3.05, 3.63) is 24.3 Å². The van der Waals surface area contributed by atoms with Crippen LogP contribution < -0.4 is 10.1 Å². The van der Waals surface area contributed by atoms with Crippen molar-refractivity contribution in [2.24, 2.45) is 0 Å². The fraction of sp³-hybridized carbons (Fsp3) is 0.467. The lowest BCUT2D eigenvalue weighted by Gasteiger charge is -2.22. The number of likely N-dealkylation sites (tertiary alicyclic amines) is 1. The molecule has 0 bridgehead atoms. The Bertz CT molecular complexity index is 518. The average Bonchev–Trinajstić information content (AvgIpc) is 2.85. The second kappa shape index (κ2) is 7.08. The molecule has 0 aliphatic carbocycles. The molecule has 1 aromatic rings. The fourth-order valence-corrected chi connectivity index (χ4v) is 2.62. The minimum atomic E-state index is -0.819. The quantitative estimate of drug-likeness (QED) is 0.832. The van der Waals surface area contributed by atoms with E-state index in [4.69, 9.17) is 9.84 Å². The van der Waals surface area contributed by atoms with Gasteiger partial charge in [-0.2, -0.15) is 0 Å². The zero-order valence-corrected chi connectivity index (χ0v) is 12.0. The van der Waals surface area contributed by atoms with E-state index in [0.717, 1.165) is 19.4 Å². The molecule has 1 fully saturated rings. The lowest BCUT2D eigenvalue weighted by Crippen LogP contribution is -2.37. The summed E-state index contributed by atoms with van der Waals surface area (Å²) in [6.07, 6.45) is 1.86. The normalized spacial score (nSPS) is 18.4. The third-order valence-corrected chi connectivity index (χ3v) is 3.61. The third-order valence-electron chi connectivity index (χ3n) is 3.61. The van der Waals surface area contributed by atoms with Gasteiger partial charge in [0.05, 0.1) is 20.1 Å². The van der Waals surface area contributed by atoms with Crippen LogP contribution in [0.25, 0.3) is 0 Å². The Labute approximate surface area is 123 Å². The molecule has 1 aromatic carbocycles. The summed E-state index contributed by atoms with van der Waals surface area (Å²) >= 11 is 0. The summed E-state index contributed by atoms with van der Waals surface area (Å²) < 4.78 is 5.10. The monoisotopic (exact) mass is 292 g/mol. The van der Waals surface area contributed by atoms with E-state index in [1.54, 1.807) is 31.4 Å². The summed E-state index contributed by atoms with van der Waals surface area (Å²) in [6.45, 7) is 0.985. The fourth-order valence-electron chi connectivity index (χ4n) is 2.62. The zero-order chi connectivity index (χ0) is 15.2. The van der Waals surface area contributed by atoms with Crippen molar-refractivity contribution in [2.75, 3.05) is 25.5 Å². The van der Waals surface area contributed by atoms with Gasteiger partial charge < -0.3 is 15.2 Å². The van der Waals surface area contributed by atoms with Crippen LogP contribution in [0.4, 0.5) is 5.69 Å². The Kier molecular flexibility index (Phi) is 5.16. The number of benzene rings is 1. The molecular weight excluding hydrogens is 272 g/mol. The topological polar surface area (TPSA) is 78.9 Å². The number of nitrogens with one attached hydrogen (secondary N) is 1. The van der Waals surface area contributed by atoms with Crippen molar-refractivity contribution < 1.29 is 19.4 Å². The largest absolute Gasteiger partial charge is 0.497 e. The van der Waals surface area contributed by atoms with E-state index in [0.29, 0.717) is 11.4 Å². The molecule has 6 heteroatoms. The summed E-state index contributed by atoms with van der Waals surface area (Å²) in [6, 6.07) is 7.10. The van der Waals surface area contributed by atoms with E-state index >= 15 is 0 Å². The number of amides is 1. The summed E-state index contributed by atoms with van der Waals surface area (Å²) in [5.74, 6) is -0.279. The van der Waals surface area contributed by atoms with Crippen molar-refractivity contribution in [1.82, 2.24) is 4.90 Å². The molecule has 21 heavy (non-hydrogen) atoms. The van der Waals surface area contributed by atoms with E-state index in [9.17, 15) is 9.59 Å². The minimum absolute atomic E-state index is 0.0430. The number of hydrogen-bond acceptors (Lipinski definition) is 4. The average molecular weight is 292 g/mol. The number of anilines is 1. The molecule has 1 aliphatic rings. The molecule has 0 saturated carbocycles. The first kappa shape index (κ1) is 15.3. The maximum absolute atomic E-state index is 12.1. The first-order valence-corrected chi connectivity index (χ1v) is 6.98. The van der Waals surface area contributed by atoms with Crippen molar-refractivity contribution in [1.29, 1.82) is 0 Å². The van der Waals surface area contributed by atoms with Crippen LogP contribution in [-0.4, -0.2) is 48.1 Å². The molecule has 1 unspecified atom stereocenters. The van der Waals surface area contributed by atoms with Gasteiger partial charge in [0.15, 0.2) is 0 Å². The molecular formula is C15H20N2O4. The molecule has 1 amide bonds. The summed E-state index contributed by atoms with van der Waals surface area (Å²) in [7, 11) is 1.57. The molecule has 0 aromatic heterocycles. The highest BCUT2D eigenvalue weighted by atomic mass is 16.5. The molecule has 1 aliphatic heterocycles. The zero-order valence-electron chi connectivity index (χ0n) is 12.0. The lowest BCUT2D eigenvalue weighted by atomic mass is 10.1. The molecule has 6 nitrogen and oxygen atoms in total. The number of hydrogen-bond donors (Lipinski definition) is 2. The number of carbonyl (C=O) groups is 2. The maximum Gasteiger partial charge on any atom is 0.304 e. The van der Waals surface area contributed by atoms with E-state index in [1.807, 2.05) is 4.90 Å². The molecule has 0 spiro atoms. The van der Waals surface area contributed by atoms with Gasteiger partial charge in [0.25, 0.3) is 0 Å². The van der Waals surface area contributed by atoms with Crippen LogP contribution in [0.15, 0.2) is 24.3 Å². The maximum atomic E-state index is 12.1. The van der Waals surface area contributed by atoms with Crippen LogP contribution in [0, 0.1) is 0 Å². The van der Waals surface area contributed by atoms with E-state index < -0.39 is 5.97 Å². The number of methoxy groups -OCH3 is 1. The molecule has 2 N–H and O–H groups in total. The van der Waals surface area contributed by atoms with Gasteiger partial charge in [-0.05, 0) is 31.5 Å². The minimum Gasteiger partial charge on any atom is -0.497 e. The van der Waals surface area contributed by atoms with Gasteiger partial charge in [-0.15, -0.1) is 0 Å². The van der Waals surface area contributed by atoms with Crippen LogP contribution in [-0.2, 0) is 9.59 Å². The molecule has 1 atom stereocenters. The number of ether oxygens (including phenoxy) is 1. The number of rotatable bonds is 6. The predicted octanol–water partition coefficient (Wildman–Crippen LogP) is 1.57. The number of aliphatic carboxylic acids is 1. The number of carboxylic acids is 1. The Morgan fingerprint density at radius 2 is 2.29 bits per heavy atom. The van der Waals surface area contributed by atoms with Gasteiger partial charge in [-0.3, -0.25) is 14.5 Å². The molecule has 2 rings (SSSR count). The lowest BCUT2D eigenvalue weighted by molar-refractivity contribution is -0.138. The smallest absolute Gasteiger partial charge is 0.304 e.